The Kier molecular flexibility index (Phi) is 5.03. The first-order chi connectivity index (χ1) is 13.2. The first kappa shape index (κ1) is 17.9. The monoisotopic (exact) mass is 366 g/mol. The van der Waals surface area contributed by atoms with E-state index < -0.39 is 0 Å². The second-order valence-corrected chi connectivity index (χ2v) is 7.59. The molecule has 3 aliphatic rings. The molecule has 2 aromatic heterocycles. The number of carbonyl (C=O) groups is 1. The number of hydrogen-bond donors (Lipinski definition) is 0. The zero-order chi connectivity index (χ0) is 18.8. The molecule has 2 unspecified atom stereocenters. The maximum Gasteiger partial charge on any atom is 0.227 e. The van der Waals surface area contributed by atoms with Crippen molar-refractivity contribution < 1.29 is 4.79 Å². The fourth-order valence-corrected chi connectivity index (χ4v) is 4.41. The van der Waals surface area contributed by atoms with Crippen molar-refractivity contribution in [2.45, 2.75) is 25.4 Å². The van der Waals surface area contributed by atoms with Crippen LogP contribution in [0.3, 0.4) is 0 Å². The molecule has 0 saturated carbocycles. The molecule has 3 fully saturated rings. The van der Waals surface area contributed by atoms with Gasteiger partial charge in [0.2, 0.25) is 5.91 Å². The molecule has 27 heavy (non-hydrogen) atoms. The molecule has 2 bridgehead atoms. The Hall–Kier alpha value is -2.54. The van der Waals surface area contributed by atoms with E-state index in [0.717, 1.165) is 43.9 Å². The van der Waals surface area contributed by atoms with Crippen LogP contribution in [0.1, 0.15) is 12.8 Å². The average molecular weight is 366 g/mol. The van der Waals surface area contributed by atoms with Gasteiger partial charge in [-0.05, 0) is 37.4 Å². The summed E-state index contributed by atoms with van der Waals surface area (Å²) in [6.45, 7) is 7.06. The highest BCUT2D eigenvalue weighted by molar-refractivity contribution is 5.79. The molecule has 2 aromatic rings. The third kappa shape index (κ3) is 3.64. The largest absolute Gasteiger partial charge is 0.342 e. The summed E-state index contributed by atoms with van der Waals surface area (Å²) >= 11 is 0. The maximum atomic E-state index is 12.7. The number of nitrogens with zero attached hydrogens (tertiary/aromatic N) is 6. The minimum Gasteiger partial charge on any atom is -0.342 e. The van der Waals surface area contributed by atoms with Crippen LogP contribution in [-0.4, -0.2) is 68.4 Å². The van der Waals surface area contributed by atoms with Gasteiger partial charge >= 0.3 is 0 Å². The summed E-state index contributed by atoms with van der Waals surface area (Å²) in [5, 5.41) is 8.55. The van der Waals surface area contributed by atoms with Crippen molar-refractivity contribution in [2.75, 3.05) is 26.7 Å². The van der Waals surface area contributed by atoms with Gasteiger partial charge < -0.3 is 4.90 Å². The average Bonchev–Trinajstić information content (AvgIpc) is 3.17. The van der Waals surface area contributed by atoms with E-state index in [-0.39, 0.29) is 11.8 Å². The van der Waals surface area contributed by atoms with E-state index >= 15 is 0 Å². The SMILES string of the molecule is C=CCN(C)C(=O)[C@H]1CN2CCC1C[C@@H]2Cn1cc(-c2ccccn2)nn1. The molecule has 0 N–H and O–H groups in total. The number of fused-ring (bicyclic) bond motifs is 3. The van der Waals surface area contributed by atoms with Crippen molar-refractivity contribution in [1.29, 1.82) is 0 Å². The summed E-state index contributed by atoms with van der Waals surface area (Å²) < 4.78 is 1.91. The summed E-state index contributed by atoms with van der Waals surface area (Å²) in [5.74, 6) is 0.819. The van der Waals surface area contributed by atoms with Gasteiger partial charge in [0.25, 0.3) is 0 Å². The Bertz CT molecular complexity index is 804. The Morgan fingerprint density at radius 1 is 1.41 bits per heavy atom. The minimum absolute atomic E-state index is 0.111. The van der Waals surface area contributed by atoms with Gasteiger partial charge in [-0.2, -0.15) is 0 Å². The number of piperidine rings is 3. The van der Waals surface area contributed by atoms with Crippen LogP contribution in [0.15, 0.2) is 43.2 Å². The van der Waals surface area contributed by atoms with E-state index in [0.29, 0.717) is 18.5 Å². The maximum absolute atomic E-state index is 12.7. The van der Waals surface area contributed by atoms with Crippen LogP contribution in [0.5, 0.6) is 0 Å². The van der Waals surface area contributed by atoms with Gasteiger partial charge in [0.15, 0.2) is 0 Å². The third-order valence-corrected chi connectivity index (χ3v) is 5.84. The van der Waals surface area contributed by atoms with Crippen LogP contribution in [0.2, 0.25) is 0 Å². The quantitative estimate of drug-likeness (QED) is 0.728. The molecule has 0 aromatic carbocycles. The molecule has 7 heteroatoms. The Balaban J connectivity index is 1.41. The lowest BCUT2D eigenvalue weighted by Gasteiger charge is -2.49. The molecular formula is C20H26N6O. The number of carbonyl (C=O) groups excluding carboxylic acids is 1. The Morgan fingerprint density at radius 2 is 2.30 bits per heavy atom. The molecule has 0 radical (unpaired) electrons. The molecule has 4 atom stereocenters. The van der Waals surface area contributed by atoms with Crippen molar-refractivity contribution in [1.82, 2.24) is 29.8 Å². The van der Waals surface area contributed by atoms with Crippen molar-refractivity contribution in [3.05, 3.63) is 43.2 Å². The number of aromatic nitrogens is 4. The van der Waals surface area contributed by atoms with E-state index in [2.05, 4.69) is 26.8 Å². The second kappa shape index (κ2) is 7.60. The predicted molar refractivity (Wildman–Crippen MR) is 103 cm³/mol. The summed E-state index contributed by atoms with van der Waals surface area (Å²) in [5.41, 5.74) is 1.64. The standard InChI is InChI=1S/C20H26N6O/c1-3-9-24(2)20(27)17-13-25-10-7-15(17)11-16(25)12-26-14-19(22-23-26)18-6-4-5-8-21-18/h3-6,8,14-17H,1,7,9-13H2,2H3/t15?,16-,17+/m1/s1. The van der Waals surface area contributed by atoms with Crippen LogP contribution >= 0.6 is 0 Å². The van der Waals surface area contributed by atoms with Gasteiger partial charge in [-0.3, -0.25) is 19.4 Å². The van der Waals surface area contributed by atoms with Gasteiger partial charge in [-0.15, -0.1) is 11.7 Å². The van der Waals surface area contributed by atoms with Gasteiger partial charge in [0.1, 0.15) is 5.69 Å². The Labute approximate surface area is 159 Å². The first-order valence-electron chi connectivity index (χ1n) is 9.57. The highest BCUT2D eigenvalue weighted by Crippen LogP contribution is 2.37. The molecule has 0 aliphatic carbocycles. The molecule has 3 aliphatic heterocycles. The van der Waals surface area contributed by atoms with Gasteiger partial charge in [0, 0.05) is 32.4 Å². The number of rotatable bonds is 6. The van der Waals surface area contributed by atoms with Gasteiger partial charge in [0.05, 0.1) is 24.4 Å². The van der Waals surface area contributed by atoms with Crippen molar-refractivity contribution in [3.63, 3.8) is 0 Å². The smallest absolute Gasteiger partial charge is 0.227 e. The topological polar surface area (TPSA) is 67.2 Å². The first-order valence-corrected chi connectivity index (χ1v) is 9.57. The molecule has 3 saturated heterocycles. The molecule has 142 valence electrons. The molecule has 5 rings (SSSR count). The van der Waals surface area contributed by atoms with Crippen molar-refractivity contribution >= 4 is 5.91 Å². The normalized spacial score (nSPS) is 26.7. The highest BCUT2D eigenvalue weighted by atomic mass is 16.2. The molecule has 5 heterocycles. The predicted octanol–water partition coefficient (Wildman–Crippen LogP) is 1.69. The van der Waals surface area contributed by atoms with Gasteiger partial charge in [-0.1, -0.05) is 17.4 Å². The van der Waals surface area contributed by atoms with Crippen LogP contribution in [-0.2, 0) is 11.3 Å². The van der Waals surface area contributed by atoms with Gasteiger partial charge in [-0.25, -0.2) is 0 Å². The van der Waals surface area contributed by atoms with Crippen LogP contribution < -0.4 is 0 Å². The summed E-state index contributed by atoms with van der Waals surface area (Å²) in [6.07, 6.45) is 7.65. The number of pyridine rings is 1. The number of hydrogen-bond acceptors (Lipinski definition) is 5. The van der Waals surface area contributed by atoms with E-state index in [9.17, 15) is 4.79 Å². The van der Waals surface area contributed by atoms with Crippen molar-refractivity contribution in [2.24, 2.45) is 11.8 Å². The zero-order valence-electron chi connectivity index (χ0n) is 15.7. The lowest BCUT2D eigenvalue weighted by atomic mass is 9.75. The van der Waals surface area contributed by atoms with E-state index in [1.807, 2.05) is 36.1 Å². The summed E-state index contributed by atoms with van der Waals surface area (Å²) in [6, 6.07) is 6.20. The fourth-order valence-electron chi connectivity index (χ4n) is 4.41. The van der Waals surface area contributed by atoms with Crippen LogP contribution in [0, 0.1) is 11.8 Å². The lowest BCUT2D eigenvalue weighted by Crippen LogP contribution is -2.58. The van der Waals surface area contributed by atoms with Crippen LogP contribution in [0.25, 0.3) is 11.4 Å². The number of amides is 1. The van der Waals surface area contributed by atoms with Crippen LogP contribution in [0.4, 0.5) is 0 Å². The fraction of sp³-hybridized carbons (Fsp3) is 0.500. The zero-order valence-corrected chi connectivity index (χ0v) is 15.7. The molecule has 7 nitrogen and oxygen atoms in total. The van der Waals surface area contributed by atoms with E-state index in [1.165, 1.54) is 0 Å². The lowest BCUT2D eigenvalue weighted by molar-refractivity contribution is -0.142. The molecule has 1 amide bonds. The molecule has 0 spiro atoms. The summed E-state index contributed by atoms with van der Waals surface area (Å²) in [4.78, 5) is 21.3. The van der Waals surface area contributed by atoms with E-state index in [1.54, 1.807) is 17.2 Å². The highest BCUT2D eigenvalue weighted by Gasteiger charge is 2.44. The summed E-state index contributed by atoms with van der Waals surface area (Å²) in [7, 11) is 1.87. The minimum atomic E-state index is 0.111. The molecular weight excluding hydrogens is 340 g/mol. The third-order valence-electron chi connectivity index (χ3n) is 5.84. The Morgan fingerprint density at radius 3 is 3.00 bits per heavy atom. The van der Waals surface area contributed by atoms with E-state index in [4.69, 9.17) is 0 Å². The van der Waals surface area contributed by atoms with Crippen molar-refractivity contribution in [3.8, 4) is 11.4 Å². The second-order valence-electron chi connectivity index (χ2n) is 7.59. The number of likely N-dealkylation sites (N-methyl/N-ethyl adjacent to an activating group) is 1.